The van der Waals surface area contributed by atoms with Gasteiger partial charge in [-0.3, -0.25) is 9.59 Å². The van der Waals surface area contributed by atoms with Gasteiger partial charge < -0.3 is 20.3 Å². The predicted octanol–water partition coefficient (Wildman–Crippen LogP) is 5.19. The second-order valence-electron chi connectivity index (χ2n) is 7.56. The molecule has 3 aromatic carbocycles. The Bertz CT molecular complexity index is 1030. The molecule has 32 heavy (non-hydrogen) atoms. The molecule has 0 atom stereocenters. The van der Waals surface area contributed by atoms with E-state index in [0.29, 0.717) is 23.5 Å². The number of carbonyl (C=O) groups is 2. The molecule has 6 heteroatoms. The molecule has 6 nitrogen and oxygen atoms in total. The lowest BCUT2D eigenvalue weighted by atomic mass is 10.1. The average Bonchev–Trinajstić information content (AvgIpc) is 2.80. The molecule has 0 unspecified atom stereocenters. The predicted molar refractivity (Wildman–Crippen MR) is 130 cm³/mol. The number of rotatable bonds is 9. The summed E-state index contributed by atoms with van der Waals surface area (Å²) in [5.41, 5.74) is 2.80. The summed E-state index contributed by atoms with van der Waals surface area (Å²) in [6.07, 6.45) is 0.0967. The van der Waals surface area contributed by atoms with Gasteiger partial charge in [-0.05, 0) is 75.4 Å². The third kappa shape index (κ3) is 6.35. The van der Waals surface area contributed by atoms with Crippen molar-refractivity contribution in [1.82, 2.24) is 0 Å². The fraction of sp³-hybridized carbons (Fsp3) is 0.231. The smallest absolute Gasteiger partial charge is 0.258 e. The number of anilines is 3. The minimum absolute atomic E-state index is 0.0814. The van der Waals surface area contributed by atoms with Crippen molar-refractivity contribution in [2.24, 2.45) is 0 Å². The fourth-order valence-electron chi connectivity index (χ4n) is 3.25. The maximum atomic E-state index is 13.0. The Morgan fingerprint density at radius 1 is 0.906 bits per heavy atom. The zero-order valence-corrected chi connectivity index (χ0v) is 18.7. The van der Waals surface area contributed by atoms with Gasteiger partial charge >= 0.3 is 0 Å². The zero-order valence-electron chi connectivity index (χ0n) is 18.7. The number of ether oxygens (including phenoxy) is 1. The van der Waals surface area contributed by atoms with Gasteiger partial charge in [0.15, 0.2) is 0 Å². The van der Waals surface area contributed by atoms with Crippen molar-refractivity contribution >= 4 is 28.9 Å². The van der Waals surface area contributed by atoms with Crippen molar-refractivity contribution in [3.05, 3.63) is 84.4 Å². The maximum absolute atomic E-state index is 13.0. The van der Waals surface area contributed by atoms with Crippen LogP contribution in [0.5, 0.6) is 5.75 Å². The Morgan fingerprint density at radius 2 is 1.62 bits per heavy atom. The molecule has 0 aliphatic rings. The van der Waals surface area contributed by atoms with E-state index in [0.717, 1.165) is 11.4 Å². The van der Waals surface area contributed by atoms with Crippen LogP contribution in [-0.4, -0.2) is 31.0 Å². The second kappa shape index (κ2) is 11.0. The highest BCUT2D eigenvalue weighted by atomic mass is 16.5. The molecule has 0 saturated heterocycles. The number of hydrogen-bond acceptors (Lipinski definition) is 4. The Morgan fingerprint density at radius 3 is 2.28 bits per heavy atom. The molecule has 0 aliphatic heterocycles. The number of amides is 2. The van der Waals surface area contributed by atoms with Gasteiger partial charge in [0, 0.05) is 29.2 Å². The van der Waals surface area contributed by atoms with Crippen molar-refractivity contribution in [2.45, 2.75) is 26.9 Å². The third-order valence-electron chi connectivity index (χ3n) is 4.70. The van der Waals surface area contributed by atoms with Crippen LogP contribution in [-0.2, 0) is 4.79 Å². The van der Waals surface area contributed by atoms with Crippen LogP contribution in [0.2, 0.25) is 0 Å². The summed E-state index contributed by atoms with van der Waals surface area (Å²) in [5, 5.41) is 5.93. The second-order valence-corrected chi connectivity index (χ2v) is 7.56. The van der Waals surface area contributed by atoms with Crippen LogP contribution >= 0.6 is 0 Å². The molecule has 0 saturated carbocycles. The van der Waals surface area contributed by atoms with Crippen LogP contribution in [0.4, 0.5) is 17.1 Å². The van der Waals surface area contributed by atoms with Crippen molar-refractivity contribution in [1.29, 1.82) is 0 Å². The van der Waals surface area contributed by atoms with Crippen molar-refractivity contribution in [3.8, 4) is 5.75 Å². The van der Waals surface area contributed by atoms with Crippen LogP contribution in [0, 0.1) is 0 Å². The number of benzene rings is 3. The van der Waals surface area contributed by atoms with E-state index < -0.39 is 0 Å². The molecule has 2 N–H and O–H groups in total. The molecule has 0 radical (unpaired) electrons. The zero-order chi connectivity index (χ0) is 22.9. The van der Waals surface area contributed by atoms with Gasteiger partial charge in [0.05, 0.1) is 12.6 Å². The minimum atomic E-state index is -0.182. The summed E-state index contributed by atoms with van der Waals surface area (Å²) in [6.45, 7) is 6.51. The molecule has 2 amide bonds. The Hall–Kier alpha value is -3.80. The quantitative estimate of drug-likeness (QED) is 0.489. The van der Waals surface area contributed by atoms with Crippen molar-refractivity contribution in [2.75, 3.05) is 28.6 Å². The summed E-state index contributed by atoms with van der Waals surface area (Å²) in [7, 11) is 0. The van der Waals surface area contributed by atoms with Gasteiger partial charge in [-0.25, -0.2) is 0 Å². The summed E-state index contributed by atoms with van der Waals surface area (Å²) in [6, 6.07) is 24.0. The molecule has 3 aromatic rings. The lowest BCUT2D eigenvalue weighted by Gasteiger charge is -2.21. The monoisotopic (exact) mass is 431 g/mol. The highest BCUT2D eigenvalue weighted by Gasteiger charge is 2.16. The summed E-state index contributed by atoms with van der Waals surface area (Å²) >= 11 is 0. The molecular weight excluding hydrogens is 402 g/mol. The molecule has 0 aromatic heterocycles. The van der Waals surface area contributed by atoms with Crippen LogP contribution < -0.4 is 20.3 Å². The SMILES string of the molecule is CCN(C(=O)c1cccc(NCC(=O)Nc2ccc(OC(C)C)cc2)c1)c1ccccc1. The van der Waals surface area contributed by atoms with Crippen LogP contribution in [0.15, 0.2) is 78.9 Å². The van der Waals surface area contributed by atoms with E-state index in [1.165, 1.54) is 0 Å². The Labute approximate surface area is 189 Å². The van der Waals surface area contributed by atoms with Gasteiger partial charge in [-0.2, -0.15) is 0 Å². The lowest BCUT2D eigenvalue weighted by Crippen LogP contribution is -2.30. The summed E-state index contributed by atoms with van der Waals surface area (Å²) < 4.78 is 5.61. The van der Waals surface area contributed by atoms with E-state index in [9.17, 15) is 9.59 Å². The van der Waals surface area contributed by atoms with Crippen molar-refractivity contribution < 1.29 is 14.3 Å². The molecule has 0 heterocycles. The largest absolute Gasteiger partial charge is 0.491 e. The van der Waals surface area contributed by atoms with E-state index in [1.54, 1.807) is 35.2 Å². The highest BCUT2D eigenvalue weighted by molar-refractivity contribution is 6.06. The molecule has 0 spiro atoms. The first-order valence-electron chi connectivity index (χ1n) is 10.7. The summed E-state index contributed by atoms with van der Waals surface area (Å²) in [4.78, 5) is 27.1. The molecule has 3 rings (SSSR count). The number of nitrogens with one attached hydrogen (secondary N) is 2. The Kier molecular flexibility index (Phi) is 7.86. The molecule has 0 aliphatic carbocycles. The number of carbonyl (C=O) groups excluding carboxylic acids is 2. The molecule has 166 valence electrons. The van der Waals surface area contributed by atoms with Crippen molar-refractivity contribution in [3.63, 3.8) is 0 Å². The van der Waals surface area contributed by atoms with Gasteiger partial charge in [0.25, 0.3) is 5.91 Å². The average molecular weight is 432 g/mol. The first kappa shape index (κ1) is 22.9. The third-order valence-corrected chi connectivity index (χ3v) is 4.70. The summed E-state index contributed by atoms with van der Waals surface area (Å²) in [5.74, 6) is 0.489. The number of nitrogens with zero attached hydrogens (tertiary/aromatic N) is 1. The van der Waals surface area contributed by atoms with E-state index >= 15 is 0 Å². The van der Waals surface area contributed by atoms with E-state index in [-0.39, 0.29) is 24.5 Å². The number of hydrogen-bond donors (Lipinski definition) is 2. The number of para-hydroxylation sites is 1. The van der Waals surface area contributed by atoms with Crippen LogP contribution in [0.3, 0.4) is 0 Å². The van der Waals surface area contributed by atoms with Gasteiger partial charge in [0.2, 0.25) is 5.91 Å². The molecule has 0 bridgehead atoms. The normalized spacial score (nSPS) is 10.5. The van der Waals surface area contributed by atoms with Gasteiger partial charge in [-0.15, -0.1) is 0 Å². The van der Waals surface area contributed by atoms with E-state index in [1.807, 2.05) is 69.3 Å². The van der Waals surface area contributed by atoms with Gasteiger partial charge in [-0.1, -0.05) is 24.3 Å². The maximum Gasteiger partial charge on any atom is 0.258 e. The highest BCUT2D eigenvalue weighted by Crippen LogP contribution is 2.19. The fourth-order valence-corrected chi connectivity index (χ4v) is 3.25. The lowest BCUT2D eigenvalue weighted by molar-refractivity contribution is -0.114. The standard InChI is InChI=1S/C26H29N3O3/c1-4-29(23-11-6-5-7-12-23)26(31)20-9-8-10-22(17-20)27-18-25(30)28-21-13-15-24(16-14-21)32-19(2)3/h5-17,19,27H,4,18H2,1-3H3,(H,28,30). The molecular formula is C26H29N3O3. The topological polar surface area (TPSA) is 70.7 Å². The van der Waals surface area contributed by atoms with E-state index in [2.05, 4.69) is 10.6 Å². The van der Waals surface area contributed by atoms with E-state index in [4.69, 9.17) is 4.74 Å². The molecule has 0 fully saturated rings. The Balaban J connectivity index is 1.58. The van der Waals surface area contributed by atoms with Crippen LogP contribution in [0.25, 0.3) is 0 Å². The first-order valence-corrected chi connectivity index (χ1v) is 10.7. The minimum Gasteiger partial charge on any atom is -0.491 e. The van der Waals surface area contributed by atoms with Gasteiger partial charge in [0.1, 0.15) is 5.75 Å². The first-order chi connectivity index (χ1) is 15.5. The van der Waals surface area contributed by atoms with Crippen LogP contribution in [0.1, 0.15) is 31.1 Å².